The first kappa shape index (κ1) is 20.9. The molecule has 3 N–H and O–H groups in total. The minimum atomic E-state index is -0.999. The molecule has 1 aromatic heterocycles. The number of hydrogen-bond acceptors (Lipinski definition) is 6. The number of methoxy groups -OCH3 is 2. The zero-order chi connectivity index (χ0) is 21.5. The van der Waals surface area contributed by atoms with E-state index < -0.39 is 17.9 Å². The summed E-state index contributed by atoms with van der Waals surface area (Å²) in [6.45, 7) is -0.0364. The zero-order valence-corrected chi connectivity index (χ0v) is 16.5. The lowest BCUT2D eigenvalue weighted by Gasteiger charge is -2.16. The zero-order valence-electron chi connectivity index (χ0n) is 16.5. The van der Waals surface area contributed by atoms with Crippen LogP contribution in [0.5, 0.6) is 11.5 Å². The number of aliphatic hydroxyl groups is 1. The van der Waals surface area contributed by atoms with Crippen LogP contribution >= 0.6 is 0 Å². The predicted octanol–water partition coefficient (Wildman–Crippen LogP) is 3.01. The Kier molecular flexibility index (Phi) is 6.71. The third-order valence-corrected chi connectivity index (χ3v) is 4.38. The molecule has 0 radical (unpaired) electrons. The summed E-state index contributed by atoms with van der Waals surface area (Å²) >= 11 is 0. The van der Waals surface area contributed by atoms with E-state index in [9.17, 15) is 14.7 Å². The van der Waals surface area contributed by atoms with Gasteiger partial charge in [-0.15, -0.1) is 0 Å². The van der Waals surface area contributed by atoms with Crippen molar-refractivity contribution in [1.29, 1.82) is 0 Å². The second-order valence-electron chi connectivity index (χ2n) is 6.35. The van der Waals surface area contributed by atoms with Crippen molar-refractivity contribution in [2.45, 2.75) is 6.10 Å². The van der Waals surface area contributed by atoms with Gasteiger partial charge in [0.25, 0.3) is 11.8 Å². The molecule has 1 heterocycles. The molecule has 1 unspecified atom stereocenters. The normalized spacial score (nSPS) is 11.4. The molecule has 3 aromatic rings. The van der Waals surface area contributed by atoms with Crippen molar-refractivity contribution in [3.05, 3.63) is 77.7 Å². The lowest BCUT2D eigenvalue weighted by Crippen LogP contribution is -2.28. The Labute approximate surface area is 173 Å². The van der Waals surface area contributed by atoms with Gasteiger partial charge in [-0.2, -0.15) is 0 Å². The minimum Gasteiger partial charge on any atom is -0.497 e. The number of amides is 2. The highest BCUT2D eigenvalue weighted by molar-refractivity contribution is 6.03. The number of aliphatic hydroxyl groups excluding tert-OH is 1. The molecule has 2 amide bonds. The molecule has 156 valence electrons. The molecular weight excluding hydrogens is 388 g/mol. The first-order valence-electron chi connectivity index (χ1n) is 9.15. The van der Waals surface area contributed by atoms with Gasteiger partial charge in [-0.1, -0.05) is 6.07 Å². The van der Waals surface area contributed by atoms with Gasteiger partial charge >= 0.3 is 0 Å². The lowest BCUT2D eigenvalue weighted by molar-refractivity contribution is 0.0913. The van der Waals surface area contributed by atoms with E-state index in [-0.39, 0.29) is 12.3 Å². The molecule has 2 aromatic carbocycles. The fraction of sp³-hybridized carbons (Fsp3) is 0.182. The van der Waals surface area contributed by atoms with Crippen molar-refractivity contribution >= 4 is 17.5 Å². The van der Waals surface area contributed by atoms with Crippen molar-refractivity contribution < 1.29 is 28.6 Å². The fourth-order valence-corrected chi connectivity index (χ4v) is 2.84. The number of furan rings is 1. The van der Waals surface area contributed by atoms with Crippen LogP contribution < -0.4 is 20.1 Å². The van der Waals surface area contributed by atoms with Crippen LogP contribution in [0.15, 0.2) is 65.3 Å². The smallest absolute Gasteiger partial charge is 0.291 e. The molecule has 8 nitrogen and oxygen atoms in total. The first-order chi connectivity index (χ1) is 14.5. The molecule has 0 bridgehead atoms. The van der Waals surface area contributed by atoms with E-state index in [0.29, 0.717) is 28.3 Å². The predicted molar refractivity (Wildman–Crippen MR) is 110 cm³/mol. The summed E-state index contributed by atoms with van der Waals surface area (Å²) < 4.78 is 15.5. The molecule has 0 saturated carbocycles. The molecule has 0 aliphatic heterocycles. The highest BCUT2D eigenvalue weighted by Crippen LogP contribution is 2.29. The van der Waals surface area contributed by atoms with Crippen molar-refractivity contribution in [2.24, 2.45) is 0 Å². The third kappa shape index (κ3) is 4.98. The second kappa shape index (κ2) is 9.62. The monoisotopic (exact) mass is 410 g/mol. The molecule has 0 spiro atoms. The number of rotatable bonds is 8. The van der Waals surface area contributed by atoms with Crippen LogP contribution in [-0.4, -0.2) is 37.7 Å². The fourth-order valence-electron chi connectivity index (χ4n) is 2.84. The van der Waals surface area contributed by atoms with Crippen LogP contribution in [0.1, 0.15) is 32.6 Å². The molecule has 0 aliphatic rings. The van der Waals surface area contributed by atoms with Crippen LogP contribution in [0.25, 0.3) is 0 Å². The van der Waals surface area contributed by atoms with Gasteiger partial charge in [-0.3, -0.25) is 9.59 Å². The van der Waals surface area contributed by atoms with Crippen LogP contribution in [0.2, 0.25) is 0 Å². The van der Waals surface area contributed by atoms with E-state index in [1.54, 1.807) is 48.5 Å². The number of hydrogen-bond donors (Lipinski definition) is 3. The van der Waals surface area contributed by atoms with Crippen LogP contribution in [0, 0.1) is 0 Å². The number of anilines is 1. The summed E-state index contributed by atoms with van der Waals surface area (Å²) in [5, 5.41) is 15.9. The summed E-state index contributed by atoms with van der Waals surface area (Å²) in [6.07, 6.45) is 0.405. The largest absolute Gasteiger partial charge is 0.497 e. The Morgan fingerprint density at radius 2 is 1.87 bits per heavy atom. The highest BCUT2D eigenvalue weighted by Gasteiger charge is 2.17. The number of nitrogens with one attached hydrogen (secondary N) is 2. The van der Waals surface area contributed by atoms with Crippen molar-refractivity contribution in [2.75, 3.05) is 26.1 Å². The van der Waals surface area contributed by atoms with Gasteiger partial charge in [-0.25, -0.2) is 0 Å². The Hall–Kier alpha value is -3.78. The number of benzene rings is 2. The van der Waals surface area contributed by atoms with Crippen LogP contribution in [-0.2, 0) is 0 Å². The van der Waals surface area contributed by atoms with E-state index in [0.717, 1.165) is 0 Å². The summed E-state index contributed by atoms with van der Waals surface area (Å²) in [5.74, 6) is 0.402. The maximum absolute atomic E-state index is 12.5. The van der Waals surface area contributed by atoms with E-state index in [2.05, 4.69) is 10.6 Å². The minimum absolute atomic E-state index is 0.0364. The molecule has 8 heteroatoms. The summed E-state index contributed by atoms with van der Waals surface area (Å²) in [5.41, 5.74) is 1.27. The van der Waals surface area contributed by atoms with Crippen molar-refractivity contribution in [3.63, 3.8) is 0 Å². The van der Waals surface area contributed by atoms with E-state index in [1.165, 1.54) is 26.5 Å². The average molecular weight is 410 g/mol. The van der Waals surface area contributed by atoms with Crippen LogP contribution in [0.4, 0.5) is 5.69 Å². The standard InChI is InChI=1S/C22H22N2O6/c1-28-16-8-9-19(29-2)17(12-16)18(25)13-23-21(26)14-5-3-6-15(11-14)24-22(27)20-7-4-10-30-20/h3-12,18,25H,13H2,1-2H3,(H,23,26)(H,24,27). The van der Waals surface area contributed by atoms with E-state index >= 15 is 0 Å². The SMILES string of the molecule is COc1ccc(OC)c(C(O)CNC(=O)c2cccc(NC(=O)c3ccco3)c2)c1. The van der Waals surface area contributed by atoms with Gasteiger partial charge in [-0.05, 0) is 48.5 Å². The number of ether oxygens (including phenoxy) is 2. The van der Waals surface area contributed by atoms with Crippen molar-refractivity contribution in [1.82, 2.24) is 5.32 Å². The Morgan fingerprint density at radius 3 is 2.57 bits per heavy atom. The summed E-state index contributed by atoms with van der Waals surface area (Å²) in [6, 6.07) is 14.7. The van der Waals surface area contributed by atoms with Crippen LogP contribution in [0.3, 0.4) is 0 Å². The van der Waals surface area contributed by atoms with Gasteiger partial charge in [0, 0.05) is 23.4 Å². The molecule has 0 fully saturated rings. The first-order valence-corrected chi connectivity index (χ1v) is 9.15. The van der Waals surface area contributed by atoms with Gasteiger partial charge < -0.3 is 29.6 Å². The third-order valence-electron chi connectivity index (χ3n) is 4.38. The Balaban J connectivity index is 1.64. The lowest BCUT2D eigenvalue weighted by atomic mass is 10.1. The summed E-state index contributed by atoms with van der Waals surface area (Å²) in [4.78, 5) is 24.6. The highest BCUT2D eigenvalue weighted by atomic mass is 16.5. The maximum atomic E-state index is 12.5. The van der Waals surface area contributed by atoms with E-state index in [1.807, 2.05) is 0 Å². The van der Waals surface area contributed by atoms with Gasteiger partial charge in [0.15, 0.2) is 5.76 Å². The maximum Gasteiger partial charge on any atom is 0.291 e. The molecule has 3 rings (SSSR count). The number of carbonyl (C=O) groups is 2. The molecular formula is C22H22N2O6. The molecule has 1 atom stereocenters. The van der Waals surface area contributed by atoms with E-state index in [4.69, 9.17) is 13.9 Å². The second-order valence-corrected chi connectivity index (χ2v) is 6.35. The summed E-state index contributed by atoms with van der Waals surface area (Å²) in [7, 11) is 3.02. The molecule has 30 heavy (non-hydrogen) atoms. The quantitative estimate of drug-likeness (QED) is 0.527. The Morgan fingerprint density at radius 1 is 1.03 bits per heavy atom. The topological polar surface area (TPSA) is 110 Å². The van der Waals surface area contributed by atoms with Crippen molar-refractivity contribution in [3.8, 4) is 11.5 Å². The number of carbonyl (C=O) groups excluding carboxylic acids is 2. The Bertz CT molecular complexity index is 1020. The molecule has 0 aliphatic carbocycles. The molecule has 0 saturated heterocycles. The van der Waals surface area contributed by atoms with Gasteiger partial charge in [0.1, 0.15) is 17.6 Å². The average Bonchev–Trinajstić information content (AvgIpc) is 3.32. The van der Waals surface area contributed by atoms with Gasteiger partial charge in [0.05, 0.1) is 20.5 Å². The van der Waals surface area contributed by atoms with Gasteiger partial charge in [0.2, 0.25) is 0 Å².